The lowest BCUT2D eigenvalue weighted by atomic mass is 10.0. The van der Waals surface area contributed by atoms with Crippen LogP contribution in [-0.4, -0.2) is 29.9 Å². The Labute approximate surface area is 118 Å². The highest BCUT2D eigenvalue weighted by atomic mass is 32.2. The van der Waals surface area contributed by atoms with E-state index in [9.17, 15) is 4.79 Å². The quantitative estimate of drug-likeness (QED) is 0.889. The number of nitrogens with zero attached hydrogens (tertiary/aromatic N) is 1. The smallest absolute Gasteiger partial charge is 0.234 e. The van der Waals surface area contributed by atoms with E-state index in [0.29, 0.717) is 11.7 Å². The first-order chi connectivity index (χ1) is 9.15. The Morgan fingerprint density at radius 1 is 1.42 bits per heavy atom. The monoisotopic (exact) mass is 277 g/mol. The predicted molar refractivity (Wildman–Crippen MR) is 81.9 cm³/mol. The molecule has 1 aromatic carbocycles. The fraction of sp³-hybridized carbons (Fsp3) is 0.429. The molecule has 0 spiro atoms. The third kappa shape index (κ3) is 4.28. The van der Waals surface area contributed by atoms with Gasteiger partial charge in [-0.1, -0.05) is 37.7 Å². The van der Waals surface area contributed by atoms with Gasteiger partial charge in [0.05, 0.1) is 12.3 Å². The predicted octanol–water partition coefficient (Wildman–Crippen LogP) is 2.44. The Morgan fingerprint density at radius 3 is 2.74 bits per heavy atom. The summed E-state index contributed by atoms with van der Waals surface area (Å²) in [6.07, 6.45) is 0. The zero-order chi connectivity index (χ0) is 13.7. The molecule has 1 heterocycles. The van der Waals surface area contributed by atoms with Gasteiger partial charge in [0.15, 0.2) is 5.17 Å². The number of hydrogen-bond donors (Lipinski definition) is 2. The fourth-order valence-corrected chi connectivity index (χ4v) is 2.48. The first-order valence-electron chi connectivity index (χ1n) is 6.46. The van der Waals surface area contributed by atoms with Gasteiger partial charge in [-0.3, -0.25) is 9.79 Å². The molecule has 0 unspecified atom stereocenters. The van der Waals surface area contributed by atoms with Gasteiger partial charge in [-0.2, -0.15) is 0 Å². The molecule has 0 aliphatic carbocycles. The number of hydrogen-bond acceptors (Lipinski definition) is 4. The second-order valence-corrected chi connectivity index (χ2v) is 5.69. The summed E-state index contributed by atoms with van der Waals surface area (Å²) in [6.45, 7) is 5.99. The van der Waals surface area contributed by atoms with Crippen molar-refractivity contribution in [1.82, 2.24) is 5.32 Å². The van der Waals surface area contributed by atoms with Crippen molar-refractivity contribution in [1.29, 1.82) is 0 Å². The molecule has 1 amide bonds. The fourth-order valence-electron chi connectivity index (χ4n) is 1.76. The van der Waals surface area contributed by atoms with Crippen LogP contribution in [0.2, 0.25) is 0 Å². The molecule has 0 aromatic heterocycles. The molecule has 0 saturated heterocycles. The maximum Gasteiger partial charge on any atom is 0.234 e. The zero-order valence-electron chi connectivity index (χ0n) is 11.3. The van der Waals surface area contributed by atoms with Crippen molar-refractivity contribution >= 4 is 28.5 Å². The maximum absolute atomic E-state index is 11.8. The molecule has 0 radical (unpaired) electrons. The van der Waals surface area contributed by atoms with Crippen LogP contribution < -0.4 is 10.6 Å². The number of amidine groups is 1. The average Bonchev–Trinajstić information content (AvgIpc) is 2.90. The summed E-state index contributed by atoms with van der Waals surface area (Å²) in [5.41, 5.74) is 2.12. The molecule has 0 saturated carbocycles. The van der Waals surface area contributed by atoms with Crippen LogP contribution in [0, 0.1) is 0 Å². The van der Waals surface area contributed by atoms with Gasteiger partial charge in [-0.25, -0.2) is 0 Å². The van der Waals surface area contributed by atoms with Crippen molar-refractivity contribution in [3.8, 4) is 0 Å². The summed E-state index contributed by atoms with van der Waals surface area (Å²) in [7, 11) is 0. The second-order valence-electron chi connectivity index (χ2n) is 4.73. The third-order valence-corrected chi connectivity index (χ3v) is 3.80. The second kappa shape index (κ2) is 6.61. The number of rotatable bonds is 4. The van der Waals surface area contributed by atoms with Gasteiger partial charge >= 0.3 is 0 Å². The minimum atomic E-state index is -0.00121. The highest BCUT2D eigenvalue weighted by molar-refractivity contribution is 8.14. The van der Waals surface area contributed by atoms with Crippen molar-refractivity contribution in [3.63, 3.8) is 0 Å². The Balaban J connectivity index is 1.81. The van der Waals surface area contributed by atoms with Crippen molar-refractivity contribution in [2.75, 3.05) is 24.2 Å². The van der Waals surface area contributed by atoms with Crippen LogP contribution >= 0.6 is 11.8 Å². The van der Waals surface area contributed by atoms with E-state index in [1.54, 1.807) is 0 Å². The highest BCUT2D eigenvalue weighted by Crippen LogP contribution is 2.17. The molecule has 1 aromatic rings. The highest BCUT2D eigenvalue weighted by Gasteiger charge is 2.09. The molecule has 1 aliphatic heterocycles. The Kier molecular flexibility index (Phi) is 4.85. The molecule has 4 nitrogen and oxygen atoms in total. The third-order valence-electron chi connectivity index (χ3n) is 2.84. The SMILES string of the molecule is CC(C)c1ccc(NC(=O)CSC2=NCCN2)cc1. The van der Waals surface area contributed by atoms with E-state index in [-0.39, 0.29) is 5.91 Å². The first-order valence-corrected chi connectivity index (χ1v) is 7.44. The minimum Gasteiger partial charge on any atom is -0.363 e. The average molecular weight is 277 g/mol. The minimum absolute atomic E-state index is 0.00121. The van der Waals surface area contributed by atoms with Gasteiger partial charge in [0.2, 0.25) is 5.91 Å². The molecule has 19 heavy (non-hydrogen) atoms. The van der Waals surface area contributed by atoms with E-state index in [0.717, 1.165) is 23.9 Å². The molecule has 0 bridgehead atoms. The van der Waals surface area contributed by atoms with Gasteiger partial charge in [0.25, 0.3) is 0 Å². The van der Waals surface area contributed by atoms with Gasteiger partial charge in [-0.15, -0.1) is 0 Å². The topological polar surface area (TPSA) is 53.5 Å². The van der Waals surface area contributed by atoms with Crippen molar-refractivity contribution in [2.24, 2.45) is 4.99 Å². The van der Waals surface area contributed by atoms with Gasteiger partial charge < -0.3 is 10.6 Å². The standard InChI is InChI=1S/C14H19N3OS/c1-10(2)11-3-5-12(6-4-11)17-13(18)9-19-14-15-7-8-16-14/h3-6,10H,7-9H2,1-2H3,(H,15,16)(H,17,18). The van der Waals surface area contributed by atoms with Gasteiger partial charge in [0, 0.05) is 12.2 Å². The Bertz CT molecular complexity index is 468. The Hall–Kier alpha value is -1.49. The van der Waals surface area contributed by atoms with Gasteiger partial charge in [-0.05, 0) is 23.6 Å². The lowest BCUT2D eigenvalue weighted by Crippen LogP contribution is -2.20. The molecule has 2 N–H and O–H groups in total. The lowest BCUT2D eigenvalue weighted by Gasteiger charge is -2.08. The number of anilines is 1. The molecule has 2 rings (SSSR count). The molecule has 0 atom stereocenters. The van der Waals surface area contributed by atoms with Crippen molar-refractivity contribution in [3.05, 3.63) is 29.8 Å². The van der Waals surface area contributed by atoms with Crippen LogP contribution in [0.3, 0.4) is 0 Å². The summed E-state index contributed by atoms with van der Waals surface area (Å²) in [5, 5.41) is 6.88. The van der Waals surface area contributed by atoms with Gasteiger partial charge in [0.1, 0.15) is 0 Å². The number of carbonyl (C=O) groups is 1. The number of amides is 1. The first kappa shape index (κ1) is 13.9. The van der Waals surface area contributed by atoms with Crippen molar-refractivity contribution in [2.45, 2.75) is 19.8 Å². The number of nitrogens with one attached hydrogen (secondary N) is 2. The van der Waals surface area contributed by atoms with Crippen LogP contribution in [0.25, 0.3) is 0 Å². The molecular weight excluding hydrogens is 258 g/mol. The summed E-state index contributed by atoms with van der Waals surface area (Å²) in [5.74, 6) is 0.892. The van der Waals surface area contributed by atoms with Crippen LogP contribution in [0.5, 0.6) is 0 Å². The van der Waals surface area contributed by atoms with E-state index in [1.807, 2.05) is 12.1 Å². The van der Waals surface area contributed by atoms with E-state index in [4.69, 9.17) is 0 Å². The number of carbonyl (C=O) groups excluding carboxylic acids is 1. The maximum atomic E-state index is 11.8. The molecule has 0 fully saturated rings. The number of benzene rings is 1. The summed E-state index contributed by atoms with van der Waals surface area (Å²) < 4.78 is 0. The van der Waals surface area contributed by atoms with Crippen molar-refractivity contribution < 1.29 is 4.79 Å². The zero-order valence-corrected chi connectivity index (χ0v) is 12.1. The Morgan fingerprint density at radius 2 is 2.16 bits per heavy atom. The summed E-state index contributed by atoms with van der Waals surface area (Å²) in [6, 6.07) is 8.00. The largest absolute Gasteiger partial charge is 0.363 e. The lowest BCUT2D eigenvalue weighted by molar-refractivity contribution is -0.113. The van der Waals surface area contributed by atoms with E-state index in [1.165, 1.54) is 17.3 Å². The molecule has 102 valence electrons. The normalized spacial score (nSPS) is 14.2. The van der Waals surface area contributed by atoms with E-state index >= 15 is 0 Å². The summed E-state index contributed by atoms with van der Waals surface area (Å²) in [4.78, 5) is 16.0. The van der Waals surface area contributed by atoms with E-state index in [2.05, 4.69) is 41.6 Å². The van der Waals surface area contributed by atoms with Crippen LogP contribution in [0.15, 0.2) is 29.3 Å². The summed E-state index contributed by atoms with van der Waals surface area (Å²) >= 11 is 1.45. The number of aliphatic imine (C=N–C) groups is 1. The van der Waals surface area contributed by atoms with Crippen LogP contribution in [0.4, 0.5) is 5.69 Å². The number of thioether (sulfide) groups is 1. The molecule has 1 aliphatic rings. The molecule has 5 heteroatoms. The van der Waals surface area contributed by atoms with E-state index < -0.39 is 0 Å². The van der Waals surface area contributed by atoms with Crippen LogP contribution in [-0.2, 0) is 4.79 Å². The molecular formula is C14H19N3OS. The van der Waals surface area contributed by atoms with Crippen LogP contribution in [0.1, 0.15) is 25.3 Å².